The lowest BCUT2D eigenvalue weighted by molar-refractivity contribution is 0.473. The fourth-order valence-corrected chi connectivity index (χ4v) is 3.11. The quantitative estimate of drug-likeness (QED) is 0.750. The molecule has 6 nitrogen and oxygen atoms in total. The maximum absolute atomic E-state index is 13.1. The van der Waals surface area contributed by atoms with Crippen LogP contribution in [-0.2, 0) is 10.0 Å². The van der Waals surface area contributed by atoms with E-state index in [9.17, 15) is 12.8 Å². The number of benzene rings is 2. The maximum Gasteiger partial charge on any atom is 0.244 e. The molecular formula is C16H12FN3O3S. The molecule has 0 radical (unpaired) electrons. The van der Waals surface area contributed by atoms with Gasteiger partial charge in [-0.15, -0.1) is 0 Å². The summed E-state index contributed by atoms with van der Waals surface area (Å²) in [5.41, 5.74) is 0. The van der Waals surface area contributed by atoms with Crippen LogP contribution in [0, 0.1) is 28.5 Å². The molecule has 2 rings (SSSR count). The Kier molecular flexibility index (Phi) is 5.48. The van der Waals surface area contributed by atoms with Gasteiger partial charge in [0.15, 0.2) is 0 Å². The monoisotopic (exact) mass is 345 g/mol. The zero-order chi connectivity index (χ0) is 17.6. The molecule has 0 heterocycles. The Labute approximate surface area is 139 Å². The molecule has 8 heteroatoms. The number of nitrogens with zero attached hydrogens (tertiary/aromatic N) is 3. The Morgan fingerprint density at radius 1 is 1.00 bits per heavy atom. The van der Waals surface area contributed by atoms with Gasteiger partial charge >= 0.3 is 0 Å². The Hall–Kier alpha value is -2.94. The number of sulfonamides is 1. The lowest BCUT2D eigenvalue weighted by atomic mass is 10.3. The molecule has 0 bridgehead atoms. The average Bonchev–Trinajstić information content (AvgIpc) is 2.55. The molecular weight excluding hydrogens is 333 g/mol. The van der Waals surface area contributed by atoms with Gasteiger partial charge in [0.2, 0.25) is 10.0 Å². The highest BCUT2D eigenvalue weighted by atomic mass is 32.2. The highest BCUT2D eigenvalue weighted by Crippen LogP contribution is 2.24. The number of rotatable bonds is 6. The van der Waals surface area contributed by atoms with E-state index in [4.69, 9.17) is 15.3 Å². The molecule has 24 heavy (non-hydrogen) atoms. The van der Waals surface area contributed by atoms with Crippen LogP contribution in [0.25, 0.3) is 0 Å². The van der Waals surface area contributed by atoms with E-state index >= 15 is 0 Å². The topological polar surface area (TPSA) is 94.2 Å². The van der Waals surface area contributed by atoms with Crippen molar-refractivity contribution in [1.29, 1.82) is 10.5 Å². The molecule has 0 saturated heterocycles. The van der Waals surface area contributed by atoms with Gasteiger partial charge in [-0.05, 0) is 36.4 Å². The second kappa shape index (κ2) is 7.55. The molecule has 0 amide bonds. The number of hydrogen-bond acceptors (Lipinski definition) is 5. The standard InChI is InChI=1S/C16H12FN3O3S/c17-13-2-1-3-15(12-13)23-14-4-6-16(7-5-14)24(21,22)20(10-8-18)11-9-19/h1-7,12H,10-11H2. The zero-order valence-corrected chi connectivity index (χ0v) is 13.2. The summed E-state index contributed by atoms with van der Waals surface area (Å²) in [5.74, 6) is 0.156. The lowest BCUT2D eigenvalue weighted by Gasteiger charge is -2.16. The van der Waals surface area contributed by atoms with Gasteiger partial charge in [-0.2, -0.15) is 14.8 Å². The molecule has 0 aliphatic rings. The fraction of sp³-hybridized carbons (Fsp3) is 0.125. The molecule has 0 fully saturated rings. The van der Waals surface area contributed by atoms with Crippen LogP contribution in [0.5, 0.6) is 11.5 Å². The molecule has 2 aromatic rings. The Morgan fingerprint density at radius 3 is 2.17 bits per heavy atom. The molecule has 0 unspecified atom stereocenters. The molecule has 122 valence electrons. The van der Waals surface area contributed by atoms with E-state index < -0.39 is 28.9 Å². The van der Waals surface area contributed by atoms with Crippen molar-refractivity contribution in [3.63, 3.8) is 0 Å². The van der Waals surface area contributed by atoms with Crippen molar-refractivity contribution in [2.75, 3.05) is 13.1 Å². The Balaban J connectivity index is 2.22. The third-order valence-electron chi connectivity index (χ3n) is 2.99. The lowest BCUT2D eigenvalue weighted by Crippen LogP contribution is -2.31. The van der Waals surface area contributed by atoms with Crippen molar-refractivity contribution < 1.29 is 17.5 Å². The third-order valence-corrected chi connectivity index (χ3v) is 4.79. The zero-order valence-electron chi connectivity index (χ0n) is 12.4. The maximum atomic E-state index is 13.1. The van der Waals surface area contributed by atoms with Crippen LogP contribution < -0.4 is 4.74 Å². The largest absolute Gasteiger partial charge is 0.457 e. The number of nitriles is 2. The van der Waals surface area contributed by atoms with Gasteiger partial charge in [0, 0.05) is 6.07 Å². The molecule has 0 N–H and O–H groups in total. The molecule has 2 aromatic carbocycles. The first-order chi connectivity index (χ1) is 11.5. The fourth-order valence-electron chi connectivity index (χ4n) is 1.88. The Morgan fingerprint density at radius 2 is 1.62 bits per heavy atom. The molecule has 0 saturated carbocycles. The number of halogens is 1. The average molecular weight is 345 g/mol. The van der Waals surface area contributed by atoms with Gasteiger partial charge in [0.1, 0.15) is 30.4 Å². The van der Waals surface area contributed by atoms with E-state index in [1.165, 1.54) is 42.5 Å². The van der Waals surface area contributed by atoms with Crippen LogP contribution in [0.1, 0.15) is 0 Å². The van der Waals surface area contributed by atoms with E-state index in [0.29, 0.717) is 5.75 Å². The van der Waals surface area contributed by atoms with E-state index in [2.05, 4.69) is 0 Å². The summed E-state index contributed by atoms with van der Waals surface area (Å²) in [5, 5.41) is 17.4. The summed E-state index contributed by atoms with van der Waals surface area (Å²) in [4.78, 5) is -0.0698. The molecule has 0 aliphatic carbocycles. The first kappa shape index (κ1) is 17.4. The van der Waals surface area contributed by atoms with Gasteiger partial charge in [0.25, 0.3) is 0 Å². The molecule has 0 aromatic heterocycles. The van der Waals surface area contributed by atoms with Crippen molar-refractivity contribution in [1.82, 2.24) is 4.31 Å². The summed E-state index contributed by atoms with van der Waals surface area (Å²) in [6.45, 7) is -0.838. The van der Waals surface area contributed by atoms with E-state index in [-0.39, 0.29) is 10.6 Å². The summed E-state index contributed by atoms with van der Waals surface area (Å²) in [6, 6.07) is 14.4. The molecule has 0 spiro atoms. The predicted molar refractivity (Wildman–Crippen MR) is 82.9 cm³/mol. The van der Waals surface area contributed by atoms with Crippen LogP contribution in [0.3, 0.4) is 0 Å². The van der Waals surface area contributed by atoms with Crippen molar-refractivity contribution in [2.24, 2.45) is 0 Å². The summed E-state index contributed by atoms with van der Waals surface area (Å²) >= 11 is 0. The van der Waals surface area contributed by atoms with Crippen molar-refractivity contribution in [2.45, 2.75) is 4.90 Å². The number of hydrogen-bond donors (Lipinski definition) is 0. The van der Waals surface area contributed by atoms with E-state index in [0.717, 1.165) is 4.31 Å². The van der Waals surface area contributed by atoms with Gasteiger partial charge in [0.05, 0.1) is 17.0 Å². The van der Waals surface area contributed by atoms with Crippen molar-refractivity contribution >= 4 is 10.0 Å². The number of ether oxygens (including phenoxy) is 1. The van der Waals surface area contributed by atoms with Crippen molar-refractivity contribution in [3.8, 4) is 23.6 Å². The van der Waals surface area contributed by atoms with Gasteiger partial charge in [-0.3, -0.25) is 0 Å². The Bertz CT molecular complexity index is 883. The second-order valence-corrected chi connectivity index (χ2v) is 6.56. The highest BCUT2D eigenvalue weighted by molar-refractivity contribution is 7.89. The van der Waals surface area contributed by atoms with Crippen LogP contribution in [0.4, 0.5) is 4.39 Å². The van der Waals surface area contributed by atoms with Crippen LogP contribution in [0.2, 0.25) is 0 Å². The van der Waals surface area contributed by atoms with E-state index in [1.807, 2.05) is 0 Å². The van der Waals surface area contributed by atoms with Gasteiger partial charge < -0.3 is 4.74 Å². The smallest absolute Gasteiger partial charge is 0.244 e. The predicted octanol–water partition coefficient (Wildman–Crippen LogP) is 2.66. The first-order valence-corrected chi connectivity index (χ1v) is 8.19. The van der Waals surface area contributed by atoms with Gasteiger partial charge in [-0.25, -0.2) is 12.8 Å². The minimum atomic E-state index is -3.95. The summed E-state index contributed by atoms with van der Waals surface area (Å²) in [7, 11) is -3.95. The highest BCUT2D eigenvalue weighted by Gasteiger charge is 2.24. The minimum Gasteiger partial charge on any atom is -0.457 e. The minimum absolute atomic E-state index is 0.0698. The van der Waals surface area contributed by atoms with Gasteiger partial charge in [-0.1, -0.05) is 6.07 Å². The van der Waals surface area contributed by atoms with Crippen molar-refractivity contribution in [3.05, 3.63) is 54.3 Å². The molecule has 0 aliphatic heterocycles. The molecule has 0 atom stereocenters. The second-order valence-electron chi connectivity index (χ2n) is 4.62. The normalized spacial score (nSPS) is 10.8. The summed E-state index contributed by atoms with van der Waals surface area (Å²) < 4.78 is 44.0. The van der Waals surface area contributed by atoms with Crippen LogP contribution in [0.15, 0.2) is 53.4 Å². The summed E-state index contributed by atoms with van der Waals surface area (Å²) in [6.07, 6.45) is 0. The van der Waals surface area contributed by atoms with E-state index in [1.54, 1.807) is 18.2 Å². The third kappa shape index (κ3) is 4.07. The first-order valence-electron chi connectivity index (χ1n) is 6.75. The van der Waals surface area contributed by atoms with Crippen LogP contribution >= 0.6 is 0 Å². The van der Waals surface area contributed by atoms with Crippen LogP contribution in [-0.4, -0.2) is 25.8 Å². The SMILES string of the molecule is N#CCN(CC#N)S(=O)(=O)c1ccc(Oc2cccc(F)c2)cc1.